The summed E-state index contributed by atoms with van der Waals surface area (Å²) < 4.78 is 7.44. The van der Waals surface area contributed by atoms with Crippen LogP contribution in [0.1, 0.15) is 31.5 Å². The first kappa shape index (κ1) is 15.3. The standard InChI is InChI=1S/C15H22N4O2/c1-11(2)15(20)18-7-6-16-13(12-5-4-10-21-12)14-17-8-9-19(14)3/h4-5,8-11,13,16H,6-7H2,1-3H3,(H,18,20). The Morgan fingerprint density at radius 1 is 1.43 bits per heavy atom. The fourth-order valence-corrected chi connectivity index (χ4v) is 2.04. The number of amides is 1. The summed E-state index contributed by atoms with van der Waals surface area (Å²) in [5, 5.41) is 6.25. The van der Waals surface area contributed by atoms with Crippen LogP contribution in [0.25, 0.3) is 0 Å². The largest absolute Gasteiger partial charge is 0.467 e. The minimum absolute atomic E-state index is 0.000381. The fraction of sp³-hybridized carbons (Fsp3) is 0.467. The van der Waals surface area contributed by atoms with Gasteiger partial charge in [-0.1, -0.05) is 13.8 Å². The van der Waals surface area contributed by atoms with Crippen molar-refractivity contribution in [1.29, 1.82) is 0 Å². The second kappa shape index (κ2) is 7.08. The Morgan fingerprint density at radius 2 is 2.24 bits per heavy atom. The van der Waals surface area contributed by atoms with Gasteiger partial charge in [0.25, 0.3) is 0 Å². The third kappa shape index (κ3) is 3.95. The molecule has 2 aromatic rings. The molecule has 0 aliphatic rings. The van der Waals surface area contributed by atoms with Crippen LogP contribution in [0.2, 0.25) is 0 Å². The molecule has 0 radical (unpaired) electrons. The molecule has 6 nitrogen and oxygen atoms in total. The van der Waals surface area contributed by atoms with Gasteiger partial charge in [-0.3, -0.25) is 10.1 Å². The number of nitrogens with one attached hydrogen (secondary N) is 2. The monoisotopic (exact) mass is 290 g/mol. The molecule has 2 rings (SSSR count). The third-order valence-corrected chi connectivity index (χ3v) is 3.24. The highest BCUT2D eigenvalue weighted by Gasteiger charge is 2.20. The van der Waals surface area contributed by atoms with Gasteiger partial charge in [0.1, 0.15) is 17.6 Å². The molecule has 21 heavy (non-hydrogen) atoms. The number of imidazole rings is 1. The number of hydrogen-bond donors (Lipinski definition) is 2. The summed E-state index contributed by atoms with van der Waals surface area (Å²) in [6, 6.07) is 3.64. The molecule has 114 valence electrons. The van der Waals surface area contributed by atoms with Crippen molar-refractivity contribution in [2.75, 3.05) is 13.1 Å². The summed E-state index contributed by atoms with van der Waals surface area (Å²) in [5.41, 5.74) is 0. The molecule has 6 heteroatoms. The molecule has 2 aromatic heterocycles. The average Bonchev–Trinajstić information content (AvgIpc) is 3.10. The molecule has 2 N–H and O–H groups in total. The molecule has 0 saturated heterocycles. The van der Waals surface area contributed by atoms with E-state index < -0.39 is 0 Å². The van der Waals surface area contributed by atoms with Crippen molar-refractivity contribution < 1.29 is 9.21 Å². The number of carbonyl (C=O) groups is 1. The highest BCUT2D eigenvalue weighted by atomic mass is 16.3. The topological polar surface area (TPSA) is 72.1 Å². The van der Waals surface area contributed by atoms with Crippen molar-refractivity contribution in [1.82, 2.24) is 20.2 Å². The summed E-state index contributed by atoms with van der Waals surface area (Å²) in [5.74, 6) is 1.74. The van der Waals surface area contributed by atoms with E-state index in [0.717, 1.165) is 11.6 Å². The highest BCUT2D eigenvalue weighted by Crippen LogP contribution is 2.20. The van der Waals surface area contributed by atoms with E-state index in [4.69, 9.17) is 4.42 Å². The minimum atomic E-state index is -0.129. The van der Waals surface area contributed by atoms with Crippen molar-refractivity contribution in [2.24, 2.45) is 13.0 Å². The van der Waals surface area contributed by atoms with Crippen LogP contribution in [0, 0.1) is 5.92 Å². The van der Waals surface area contributed by atoms with Gasteiger partial charge in [-0.15, -0.1) is 0 Å². The molecule has 0 bridgehead atoms. The first-order chi connectivity index (χ1) is 10.1. The molecule has 0 fully saturated rings. The zero-order valence-corrected chi connectivity index (χ0v) is 12.7. The number of carbonyl (C=O) groups excluding carboxylic acids is 1. The van der Waals surface area contributed by atoms with Crippen molar-refractivity contribution in [2.45, 2.75) is 19.9 Å². The average molecular weight is 290 g/mol. The lowest BCUT2D eigenvalue weighted by atomic mass is 10.2. The van der Waals surface area contributed by atoms with E-state index in [2.05, 4.69) is 15.6 Å². The van der Waals surface area contributed by atoms with E-state index in [1.54, 1.807) is 12.5 Å². The van der Waals surface area contributed by atoms with Crippen LogP contribution in [0.15, 0.2) is 35.2 Å². The minimum Gasteiger partial charge on any atom is -0.467 e. The Labute approximate surface area is 124 Å². The molecule has 1 amide bonds. The Bertz CT molecular complexity index is 560. The molecule has 0 spiro atoms. The van der Waals surface area contributed by atoms with E-state index in [1.807, 2.05) is 43.8 Å². The summed E-state index contributed by atoms with van der Waals surface area (Å²) in [7, 11) is 1.94. The maximum atomic E-state index is 11.5. The third-order valence-electron chi connectivity index (χ3n) is 3.24. The number of nitrogens with zero attached hydrogens (tertiary/aromatic N) is 2. The maximum Gasteiger partial charge on any atom is 0.222 e. The van der Waals surface area contributed by atoms with Gasteiger partial charge in [-0.05, 0) is 12.1 Å². The predicted octanol–water partition coefficient (Wildman–Crippen LogP) is 1.46. The zero-order chi connectivity index (χ0) is 15.2. The van der Waals surface area contributed by atoms with Crippen molar-refractivity contribution in [3.05, 3.63) is 42.4 Å². The summed E-state index contributed by atoms with van der Waals surface area (Å²) in [6.45, 7) is 4.96. The maximum absolute atomic E-state index is 11.5. The lowest BCUT2D eigenvalue weighted by Gasteiger charge is -2.17. The quantitative estimate of drug-likeness (QED) is 0.757. The van der Waals surface area contributed by atoms with Gasteiger partial charge in [0.2, 0.25) is 5.91 Å². The van der Waals surface area contributed by atoms with Crippen LogP contribution in [0.5, 0.6) is 0 Å². The van der Waals surface area contributed by atoms with E-state index in [0.29, 0.717) is 13.1 Å². The van der Waals surface area contributed by atoms with E-state index >= 15 is 0 Å². The summed E-state index contributed by atoms with van der Waals surface area (Å²) >= 11 is 0. The normalized spacial score (nSPS) is 12.6. The van der Waals surface area contributed by atoms with E-state index in [-0.39, 0.29) is 17.9 Å². The number of hydrogen-bond acceptors (Lipinski definition) is 4. The number of aromatic nitrogens is 2. The Morgan fingerprint density at radius 3 is 2.81 bits per heavy atom. The highest BCUT2D eigenvalue weighted by molar-refractivity contribution is 5.77. The molecular formula is C15H22N4O2. The van der Waals surface area contributed by atoms with Gasteiger partial charge in [-0.25, -0.2) is 4.98 Å². The van der Waals surface area contributed by atoms with E-state index in [1.165, 1.54) is 0 Å². The van der Waals surface area contributed by atoms with Gasteiger partial charge in [0, 0.05) is 38.4 Å². The van der Waals surface area contributed by atoms with Gasteiger partial charge in [-0.2, -0.15) is 0 Å². The Hall–Kier alpha value is -2.08. The van der Waals surface area contributed by atoms with Crippen molar-refractivity contribution >= 4 is 5.91 Å². The van der Waals surface area contributed by atoms with E-state index in [9.17, 15) is 4.79 Å². The van der Waals surface area contributed by atoms with Crippen LogP contribution in [-0.2, 0) is 11.8 Å². The molecule has 1 unspecified atom stereocenters. The van der Waals surface area contributed by atoms with Gasteiger partial charge in [0.05, 0.1) is 6.26 Å². The van der Waals surface area contributed by atoms with Crippen molar-refractivity contribution in [3.8, 4) is 0 Å². The second-order valence-corrected chi connectivity index (χ2v) is 5.24. The number of aryl methyl sites for hydroxylation is 1. The zero-order valence-electron chi connectivity index (χ0n) is 12.7. The Balaban J connectivity index is 1.95. The molecular weight excluding hydrogens is 268 g/mol. The molecule has 0 aliphatic carbocycles. The first-order valence-corrected chi connectivity index (χ1v) is 7.11. The van der Waals surface area contributed by atoms with Crippen LogP contribution < -0.4 is 10.6 Å². The molecule has 1 atom stereocenters. The second-order valence-electron chi connectivity index (χ2n) is 5.24. The summed E-state index contributed by atoms with van der Waals surface area (Å²) in [4.78, 5) is 15.9. The Kier molecular flexibility index (Phi) is 5.16. The van der Waals surface area contributed by atoms with Crippen LogP contribution in [0.3, 0.4) is 0 Å². The summed E-state index contributed by atoms with van der Waals surface area (Å²) in [6.07, 6.45) is 5.30. The number of rotatable bonds is 7. The van der Waals surface area contributed by atoms with Gasteiger partial charge in [0.15, 0.2) is 0 Å². The van der Waals surface area contributed by atoms with Crippen molar-refractivity contribution in [3.63, 3.8) is 0 Å². The lowest BCUT2D eigenvalue weighted by molar-refractivity contribution is -0.123. The predicted molar refractivity (Wildman–Crippen MR) is 79.6 cm³/mol. The molecule has 0 saturated carbocycles. The number of furan rings is 1. The van der Waals surface area contributed by atoms with Gasteiger partial charge >= 0.3 is 0 Å². The smallest absolute Gasteiger partial charge is 0.222 e. The van der Waals surface area contributed by atoms with Crippen LogP contribution in [-0.4, -0.2) is 28.5 Å². The molecule has 0 aliphatic heterocycles. The molecule has 2 heterocycles. The van der Waals surface area contributed by atoms with Crippen LogP contribution >= 0.6 is 0 Å². The SMILES string of the molecule is CC(C)C(=O)NCCNC(c1ccco1)c1nccn1C. The fourth-order valence-electron chi connectivity index (χ4n) is 2.04. The molecule has 0 aromatic carbocycles. The lowest BCUT2D eigenvalue weighted by Crippen LogP contribution is -2.36. The first-order valence-electron chi connectivity index (χ1n) is 7.11. The van der Waals surface area contributed by atoms with Crippen LogP contribution in [0.4, 0.5) is 0 Å². The van der Waals surface area contributed by atoms with Gasteiger partial charge < -0.3 is 14.3 Å².